The van der Waals surface area contributed by atoms with Crippen molar-refractivity contribution in [2.45, 2.75) is 38.5 Å². The van der Waals surface area contributed by atoms with E-state index in [0.29, 0.717) is 21.9 Å². The molecule has 7 aromatic rings. The number of benzene rings is 6. The zero-order valence-electron chi connectivity index (χ0n) is 25.9. The van der Waals surface area contributed by atoms with Gasteiger partial charge < -0.3 is 4.42 Å². The highest BCUT2D eigenvalue weighted by Gasteiger charge is 2.37. The number of fused-ring (bicyclic) bond motifs is 8. The Balaban J connectivity index is 1.17. The standard InChI is InChI=1S/C43H32O2/c1-42(2)35-11-7-5-9-29(35)31-21-25(13-17-36(31)42)26-14-18-37-32(22-26)33-23-27(15-19-38(33)43(37,3)4)28-16-20-40-34(24-28)41(44)30-10-6-8-12-39(30)45-40/h5-24H,1-4H3. The van der Waals surface area contributed by atoms with Crippen molar-refractivity contribution in [3.05, 3.63) is 154 Å². The van der Waals surface area contributed by atoms with Crippen LogP contribution in [0.25, 0.3) is 66.4 Å². The Kier molecular flexibility index (Phi) is 5.20. The largest absolute Gasteiger partial charge is 0.456 e. The second kappa shape index (κ2) is 8.92. The van der Waals surface area contributed by atoms with Crippen molar-refractivity contribution in [2.75, 3.05) is 0 Å². The highest BCUT2D eigenvalue weighted by molar-refractivity contribution is 5.94. The van der Waals surface area contributed by atoms with Crippen LogP contribution in [-0.4, -0.2) is 0 Å². The molecule has 0 spiro atoms. The van der Waals surface area contributed by atoms with Gasteiger partial charge in [-0.1, -0.05) is 107 Å². The fourth-order valence-electron chi connectivity index (χ4n) is 8.01. The van der Waals surface area contributed by atoms with Gasteiger partial charge in [-0.2, -0.15) is 0 Å². The molecule has 0 saturated heterocycles. The summed E-state index contributed by atoms with van der Waals surface area (Å²) in [6, 6.07) is 43.0. The summed E-state index contributed by atoms with van der Waals surface area (Å²) in [4.78, 5) is 13.4. The summed E-state index contributed by atoms with van der Waals surface area (Å²) in [5.74, 6) is 0. The summed E-state index contributed by atoms with van der Waals surface area (Å²) in [5, 5.41) is 1.22. The number of hydrogen-bond acceptors (Lipinski definition) is 2. The Morgan fingerprint density at radius 1 is 0.422 bits per heavy atom. The number of hydrogen-bond donors (Lipinski definition) is 0. The predicted octanol–water partition coefficient (Wildman–Crippen LogP) is 10.9. The van der Waals surface area contributed by atoms with Crippen molar-refractivity contribution in [1.82, 2.24) is 0 Å². The van der Waals surface area contributed by atoms with Gasteiger partial charge in [0.15, 0.2) is 0 Å². The normalized spacial score (nSPS) is 15.1. The molecule has 0 fully saturated rings. The lowest BCUT2D eigenvalue weighted by Crippen LogP contribution is -2.15. The highest BCUT2D eigenvalue weighted by Crippen LogP contribution is 2.52. The maximum absolute atomic E-state index is 13.4. The van der Waals surface area contributed by atoms with Crippen LogP contribution in [0, 0.1) is 0 Å². The second-order valence-electron chi connectivity index (χ2n) is 13.7. The molecular weight excluding hydrogens is 548 g/mol. The lowest BCUT2D eigenvalue weighted by atomic mass is 9.81. The molecule has 45 heavy (non-hydrogen) atoms. The molecule has 1 heterocycles. The van der Waals surface area contributed by atoms with Gasteiger partial charge in [0.05, 0.1) is 10.8 Å². The van der Waals surface area contributed by atoms with E-state index in [0.717, 1.165) is 11.1 Å². The maximum atomic E-state index is 13.4. The fraction of sp³-hybridized carbons (Fsp3) is 0.140. The summed E-state index contributed by atoms with van der Waals surface area (Å²) >= 11 is 0. The van der Waals surface area contributed by atoms with Crippen LogP contribution in [0.2, 0.25) is 0 Å². The molecular formula is C43H32O2. The zero-order chi connectivity index (χ0) is 30.7. The zero-order valence-corrected chi connectivity index (χ0v) is 25.9. The van der Waals surface area contributed by atoms with Crippen molar-refractivity contribution in [3.8, 4) is 44.5 Å². The quantitative estimate of drug-likeness (QED) is 0.190. The summed E-state index contributed by atoms with van der Waals surface area (Å²) in [6.07, 6.45) is 0. The van der Waals surface area contributed by atoms with Crippen LogP contribution in [0.5, 0.6) is 0 Å². The summed E-state index contributed by atoms with van der Waals surface area (Å²) in [5.41, 5.74) is 16.4. The minimum atomic E-state index is -0.105. The molecule has 2 heteroatoms. The first-order valence-electron chi connectivity index (χ1n) is 15.7. The fourth-order valence-corrected chi connectivity index (χ4v) is 8.01. The van der Waals surface area contributed by atoms with Crippen molar-refractivity contribution in [1.29, 1.82) is 0 Å². The van der Waals surface area contributed by atoms with Gasteiger partial charge in [-0.15, -0.1) is 0 Å². The van der Waals surface area contributed by atoms with Gasteiger partial charge in [-0.05, 0) is 109 Å². The van der Waals surface area contributed by atoms with Crippen LogP contribution < -0.4 is 5.43 Å². The minimum absolute atomic E-state index is 0.00142. The number of para-hydroxylation sites is 1. The molecule has 0 radical (unpaired) electrons. The SMILES string of the molecule is CC1(C)c2ccccc2-c2cc(-c3ccc4c(c3)-c3cc(-c5ccc6oc7ccccc7c(=O)c6c5)ccc3C4(C)C)ccc21. The lowest BCUT2D eigenvalue weighted by Gasteiger charge is -2.22. The van der Waals surface area contributed by atoms with E-state index >= 15 is 0 Å². The van der Waals surface area contributed by atoms with Crippen molar-refractivity contribution >= 4 is 21.9 Å². The molecule has 9 rings (SSSR count). The van der Waals surface area contributed by atoms with E-state index in [1.54, 1.807) is 0 Å². The molecule has 2 aliphatic rings. The lowest BCUT2D eigenvalue weighted by molar-refractivity contribution is 0.660. The van der Waals surface area contributed by atoms with Gasteiger partial charge in [-0.25, -0.2) is 0 Å². The molecule has 2 nitrogen and oxygen atoms in total. The van der Waals surface area contributed by atoms with Crippen LogP contribution >= 0.6 is 0 Å². The predicted molar refractivity (Wildman–Crippen MR) is 186 cm³/mol. The van der Waals surface area contributed by atoms with Gasteiger partial charge in [0.25, 0.3) is 0 Å². The van der Waals surface area contributed by atoms with E-state index in [2.05, 4.69) is 113 Å². The van der Waals surface area contributed by atoms with Crippen molar-refractivity contribution < 1.29 is 4.42 Å². The first-order valence-corrected chi connectivity index (χ1v) is 15.7. The Hall–Kier alpha value is -5.21. The van der Waals surface area contributed by atoms with E-state index in [-0.39, 0.29) is 16.3 Å². The third-order valence-corrected chi connectivity index (χ3v) is 10.5. The highest BCUT2D eigenvalue weighted by atomic mass is 16.3. The Labute approximate surface area is 262 Å². The maximum Gasteiger partial charge on any atom is 0.200 e. The van der Waals surface area contributed by atoms with Gasteiger partial charge >= 0.3 is 0 Å². The van der Waals surface area contributed by atoms with Crippen LogP contribution in [0.15, 0.2) is 131 Å². The third-order valence-electron chi connectivity index (χ3n) is 10.5. The molecule has 0 amide bonds. The minimum Gasteiger partial charge on any atom is -0.456 e. The van der Waals surface area contributed by atoms with Crippen LogP contribution in [0.1, 0.15) is 49.9 Å². The van der Waals surface area contributed by atoms with Crippen LogP contribution in [-0.2, 0) is 10.8 Å². The van der Waals surface area contributed by atoms with Gasteiger partial charge in [0.1, 0.15) is 11.2 Å². The molecule has 0 aliphatic heterocycles. The van der Waals surface area contributed by atoms with E-state index in [9.17, 15) is 4.79 Å². The Morgan fingerprint density at radius 3 is 1.49 bits per heavy atom. The topological polar surface area (TPSA) is 30.2 Å². The van der Waals surface area contributed by atoms with Crippen molar-refractivity contribution in [2.24, 2.45) is 0 Å². The van der Waals surface area contributed by atoms with E-state index in [1.807, 2.05) is 36.4 Å². The van der Waals surface area contributed by atoms with Gasteiger partial charge in [0, 0.05) is 10.8 Å². The first kappa shape index (κ1) is 26.2. The molecule has 216 valence electrons. The Bertz CT molecular complexity index is 2450. The smallest absolute Gasteiger partial charge is 0.200 e. The van der Waals surface area contributed by atoms with Crippen LogP contribution in [0.3, 0.4) is 0 Å². The molecule has 0 N–H and O–H groups in total. The van der Waals surface area contributed by atoms with Gasteiger partial charge in [0.2, 0.25) is 5.43 Å². The molecule has 0 bridgehead atoms. The average Bonchev–Trinajstić information content (AvgIpc) is 3.43. The average molecular weight is 581 g/mol. The monoisotopic (exact) mass is 580 g/mol. The first-order chi connectivity index (χ1) is 21.7. The van der Waals surface area contributed by atoms with Crippen molar-refractivity contribution in [3.63, 3.8) is 0 Å². The molecule has 0 saturated carbocycles. The van der Waals surface area contributed by atoms with Crippen LogP contribution in [0.4, 0.5) is 0 Å². The molecule has 0 unspecified atom stereocenters. The van der Waals surface area contributed by atoms with E-state index < -0.39 is 0 Å². The summed E-state index contributed by atoms with van der Waals surface area (Å²) in [7, 11) is 0. The summed E-state index contributed by atoms with van der Waals surface area (Å²) in [6.45, 7) is 9.29. The Morgan fingerprint density at radius 2 is 0.867 bits per heavy atom. The molecule has 2 aliphatic carbocycles. The second-order valence-corrected chi connectivity index (χ2v) is 13.7. The molecule has 1 aromatic heterocycles. The number of rotatable bonds is 2. The van der Waals surface area contributed by atoms with Gasteiger partial charge in [-0.3, -0.25) is 4.79 Å². The third kappa shape index (κ3) is 3.60. The molecule has 0 atom stereocenters. The molecule has 6 aromatic carbocycles. The summed E-state index contributed by atoms with van der Waals surface area (Å²) < 4.78 is 6.08. The van der Waals surface area contributed by atoms with E-state index in [4.69, 9.17) is 4.42 Å². The van der Waals surface area contributed by atoms with E-state index in [1.165, 1.54) is 55.6 Å².